The van der Waals surface area contributed by atoms with E-state index >= 15 is 0 Å². The molecule has 0 radical (unpaired) electrons. The number of nitrogens with one attached hydrogen (secondary N) is 1. The van der Waals surface area contributed by atoms with E-state index in [0.717, 1.165) is 24.9 Å². The van der Waals surface area contributed by atoms with E-state index in [-0.39, 0.29) is 0 Å². The number of nitrogens with zero attached hydrogens (tertiary/aromatic N) is 1. The van der Waals surface area contributed by atoms with Crippen LogP contribution >= 0.6 is 0 Å². The molecule has 3 N–H and O–H groups in total. The first-order valence-electron chi connectivity index (χ1n) is 7.58. The highest BCUT2D eigenvalue weighted by Gasteiger charge is 2.44. The van der Waals surface area contributed by atoms with Crippen molar-refractivity contribution in [2.45, 2.75) is 64.3 Å². The molecule has 0 unspecified atom stereocenters. The van der Waals surface area contributed by atoms with Gasteiger partial charge in [0.1, 0.15) is 0 Å². The van der Waals surface area contributed by atoms with Crippen molar-refractivity contribution in [2.24, 2.45) is 17.1 Å². The van der Waals surface area contributed by atoms with Crippen LogP contribution in [0.5, 0.6) is 0 Å². The molecule has 0 aliphatic heterocycles. The molecule has 2 aliphatic rings. The van der Waals surface area contributed by atoms with Crippen LogP contribution in [0.1, 0.15) is 58.3 Å². The van der Waals surface area contributed by atoms with E-state index in [1.54, 1.807) is 0 Å². The van der Waals surface area contributed by atoms with Crippen molar-refractivity contribution in [2.75, 3.05) is 13.6 Å². The molecule has 0 aromatic rings. The van der Waals surface area contributed by atoms with Crippen LogP contribution in [-0.4, -0.2) is 30.4 Å². The molecule has 0 saturated heterocycles. The van der Waals surface area contributed by atoms with Crippen LogP contribution in [0.2, 0.25) is 0 Å². The lowest BCUT2D eigenvalue weighted by Crippen LogP contribution is -2.39. The lowest BCUT2D eigenvalue weighted by Gasteiger charge is -2.36. The molecule has 0 heterocycles. The number of amidine groups is 1. The first kappa shape index (κ1) is 13.9. The van der Waals surface area contributed by atoms with E-state index in [1.165, 1.54) is 44.9 Å². The molecule has 2 saturated carbocycles. The van der Waals surface area contributed by atoms with Gasteiger partial charge >= 0.3 is 0 Å². The summed E-state index contributed by atoms with van der Waals surface area (Å²) in [5.74, 6) is 1.34. The predicted octanol–water partition coefficient (Wildman–Crippen LogP) is 2.99. The first-order chi connectivity index (χ1) is 8.54. The van der Waals surface area contributed by atoms with Crippen molar-refractivity contribution < 1.29 is 0 Å². The molecule has 0 aromatic carbocycles. The van der Waals surface area contributed by atoms with Crippen molar-refractivity contribution in [1.29, 1.82) is 5.41 Å². The number of rotatable bonds is 6. The number of hydrogen-bond donors (Lipinski definition) is 2. The lowest BCUT2D eigenvalue weighted by molar-refractivity contribution is 0.139. The summed E-state index contributed by atoms with van der Waals surface area (Å²) < 4.78 is 0. The van der Waals surface area contributed by atoms with Crippen molar-refractivity contribution in [1.82, 2.24) is 4.90 Å². The number of hydrogen-bond acceptors (Lipinski definition) is 2. The van der Waals surface area contributed by atoms with E-state index in [4.69, 9.17) is 11.1 Å². The van der Waals surface area contributed by atoms with Crippen molar-refractivity contribution >= 4 is 5.84 Å². The maximum absolute atomic E-state index is 7.49. The second-order valence-corrected chi connectivity index (χ2v) is 6.70. The molecule has 2 aliphatic carbocycles. The average molecular weight is 251 g/mol. The topological polar surface area (TPSA) is 53.1 Å². The molecule has 3 nitrogen and oxygen atoms in total. The molecule has 18 heavy (non-hydrogen) atoms. The summed E-state index contributed by atoms with van der Waals surface area (Å²) in [4.78, 5) is 2.56. The van der Waals surface area contributed by atoms with Crippen LogP contribution in [-0.2, 0) is 0 Å². The van der Waals surface area contributed by atoms with E-state index < -0.39 is 0 Å². The molecule has 0 aromatic heterocycles. The van der Waals surface area contributed by atoms with Gasteiger partial charge < -0.3 is 10.6 Å². The summed E-state index contributed by atoms with van der Waals surface area (Å²) in [6.45, 7) is 3.47. The standard InChI is InChI=1S/C15H29N3/c1-3-12-4-6-13(7-5-12)18(2)11-15(8-9-15)10-14(16)17/h12-13H,3-11H2,1-2H3,(H3,16,17). The van der Waals surface area contributed by atoms with Gasteiger partial charge in [0.2, 0.25) is 0 Å². The highest BCUT2D eigenvalue weighted by Crippen LogP contribution is 2.49. The fourth-order valence-electron chi connectivity index (χ4n) is 3.62. The van der Waals surface area contributed by atoms with Crippen molar-refractivity contribution in [3.63, 3.8) is 0 Å². The molecule has 0 atom stereocenters. The molecule has 3 heteroatoms. The molecule has 0 amide bonds. The quantitative estimate of drug-likeness (QED) is 0.563. The van der Waals surface area contributed by atoms with Gasteiger partial charge in [-0.25, -0.2) is 0 Å². The fourth-order valence-corrected chi connectivity index (χ4v) is 3.62. The zero-order valence-electron chi connectivity index (χ0n) is 12.0. The minimum atomic E-state index is 0.363. The van der Waals surface area contributed by atoms with Gasteiger partial charge in [0.15, 0.2) is 0 Å². The van der Waals surface area contributed by atoms with Crippen LogP contribution in [0.3, 0.4) is 0 Å². The van der Waals surface area contributed by atoms with Gasteiger partial charge in [0, 0.05) is 19.0 Å². The van der Waals surface area contributed by atoms with Crippen molar-refractivity contribution in [3.8, 4) is 0 Å². The van der Waals surface area contributed by atoms with Crippen LogP contribution in [0.4, 0.5) is 0 Å². The monoisotopic (exact) mass is 251 g/mol. The highest BCUT2D eigenvalue weighted by atomic mass is 15.1. The Bertz CT molecular complexity index is 288. The van der Waals surface area contributed by atoms with Crippen LogP contribution in [0, 0.1) is 16.7 Å². The van der Waals surface area contributed by atoms with Gasteiger partial charge in [-0.2, -0.15) is 0 Å². The average Bonchev–Trinajstić information content (AvgIpc) is 3.07. The van der Waals surface area contributed by atoms with Gasteiger partial charge in [-0.05, 0) is 56.9 Å². The SMILES string of the molecule is CCC1CCC(N(C)CC2(CC(=N)N)CC2)CC1. The largest absolute Gasteiger partial charge is 0.388 e. The third-order valence-electron chi connectivity index (χ3n) is 5.12. The number of nitrogens with two attached hydrogens (primary N) is 1. The van der Waals surface area contributed by atoms with E-state index in [9.17, 15) is 0 Å². The Balaban J connectivity index is 1.78. The molecule has 2 rings (SSSR count). The third kappa shape index (κ3) is 3.47. The summed E-state index contributed by atoms with van der Waals surface area (Å²) in [6.07, 6.45) is 10.2. The lowest BCUT2D eigenvalue weighted by atomic mass is 9.83. The maximum Gasteiger partial charge on any atom is 0.0911 e. The van der Waals surface area contributed by atoms with Gasteiger partial charge in [0.05, 0.1) is 5.84 Å². The fraction of sp³-hybridized carbons (Fsp3) is 0.933. The van der Waals surface area contributed by atoms with Gasteiger partial charge in [-0.15, -0.1) is 0 Å². The summed E-state index contributed by atoms with van der Waals surface area (Å²) in [5, 5.41) is 7.49. The van der Waals surface area contributed by atoms with E-state index in [0.29, 0.717) is 11.3 Å². The van der Waals surface area contributed by atoms with E-state index in [2.05, 4.69) is 18.9 Å². The van der Waals surface area contributed by atoms with Gasteiger partial charge in [0.25, 0.3) is 0 Å². The Morgan fingerprint density at radius 3 is 2.33 bits per heavy atom. The predicted molar refractivity (Wildman–Crippen MR) is 76.9 cm³/mol. The maximum atomic E-state index is 7.49. The second kappa shape index (κ2) is 5.60. The molecule has 104 valence electrons. The molecule has 0 spiro atoms. The Morgan fingerprint density at radius 2 is 1.89 bits per heavy atom. The minimum Gasteiger partial charge on any atom is -0.388 e. The zero-order chi connectivity index (χ0) is 13.2. The first-order valence-corrected chi connectivity index (χ1v) is 7.58. The summed E-state index contributed by atoms with van der Waals surface area (Å²) in [7, 11) is 2.27. The second-order valence-electron chi connectivity index (χ2n) is 6.70. The van der Waals surface area contributed by atoms with Crippen molar-refractivity contribution in [3.05, 3.63) is 0 Å². The normalized spacial score (nSPS) is 30.4. The molecular weight excluding hydrogens is 222 g/mol. The molecular formula is C15H29N3. The third-order valence-corrected chi connectivity index (χ3v) is 5.12. The zero-order valence-corrected chi connectivity index (χ0v) is 12.0. The Kier molecular flexibility index (Phi) is 4.31. The summed E-state index contributed by atoms with van der Waals surface area (Å²) >= 11 is 0. The minimum absolute atomic E-state index is 0.363. The van der Waals surface area contributed by atoms with Crippen LogP contribution in [0.25, 0.3) is 0 Å². The summed E-state index contributed by atoms with van der Waals surface area (Å²) in [6, 6.07) is 0.775. The van der Waals surface area contributed by atoms with Crippen LogP contribution in [0.15, 0.2) is 0 Å². The van der Waals surface area contributed by atoms with E-state index in [1.807, 2.05) is 0 Å². The smallest absolute Gasteiger partial charge is 0.0911 e. The molecule has 2 fully saturated rings. The van der Waals surface area contributed by atoms with Gasteiger partial charge in [-0.3, -0.25) is 5.41 Å². The summed E-state index contributed by atoms with van der Waals surface area (Å²) in [5.41, 5.74) is 5.94. The highest BCUT2D eigenvalue weighted by molar-refractivity contribution is 5.78. The van der Waals surface area contributed by atoms with Gasteiger partial charge in [-0.1, -0.05) is 13.3 Å². The Labute approximate surface area is 112 Å². The van der Waals surface area contributed by atoms with Crippen LogP contribution < -0.4 is 5.73 Å². The Morgan fingerprint density at radius 1 is 1.28 bits per heavy atom. The molecule has 0 bridgehead atoms. The Hall–Kier alpha value is -0.570.